The number of anilines is 1. The Kier molecular flexibility index (Phi) is 8.36. The predicted molar refractivity (Wildman–Crippen MR) is 132 cm³/mol. The summed E-state index contributed by atoms with van der Waals surface area (Å²) in [4.78, 5) is 8.97. The maximum absolute atomic E-state index is 13.1. The molecule has 2 heterocycles. The van der Waals surface area contributed by atoms with Gasteiger partial charge in [0.25, 0.3) is 0 Å². The Labute approximate surface area is 200 Å². The molecule has 0 spiro atoms. The lowest BCUT2D eigenvalue weighted by atomic mass is 10.1. The lowest BCUT2D eigenvalue weighted by molar-refractivity contribution is 0.140. The number of benzene rings is 2. The summed E-state index contributed by atoms with van der Waals surface area (Å²) >= 11 is 0. The second kappa shape index (κ2) is 11.0. The first-order chi connectivity index (χ1) is 14.6. The van der Waals surface area contributed by atoms with Gasteiger partial charge in [0.2, 0.25) is 0 Å². The fourth-order valence-corrected chi connectivity index (χ4v) is 3.80. The zero-order chi connectivity index (χ0) is 20.9. The normalized spacial score (nSPS) is 19.3. The molecule has 1 unspecified atom stereocenters. The number of nitrogens with two attached hydrogens (primary N) is 1. The minimum absolute atomic E-state index is 0. The van der Waals surface area contributed by atoms with Crippen LogP contribution in [-0.2, 0) is 11.3 Å². The average molecular weight is 540 g/mol. The van der Waals surface area contributed by atoms with Crippen LogP contribution < -0.4 is 15.4 Å². The zero-order valence-electron chi connectivity index (χ0n) is 17.8. The molecule has 6 nitrogen and oxygen atoms in total. The maximum atomic E-state index is 13.1. The van der Waals surface area contributed by atoms with Crippen LogP contribution in [-0.4, -0.2) is 56.4 Å². The molecule has 1 atom stereocenters. The van der Waals surface area contributed by atoms with Crippen LogP contribution in [0.15, 0.2) is 47.5 Å². The van der Waals surface area contributed by atoms with Gasteiger partial charge in [-0.2, -0.15) is 0 Å². The third kappa shape index (κ3) is 6.22. The van der Waals surface area contributed by atoms with Crippen molar-refractivity contribution in [2.75, 3.05) is 44.3 Å². The van der Waals surface area contributed by atoms with E-state index in [-0.39, 0.29) is 35.9 Å². The smallest absolute Gasteiger partial charge is 0.191 e. The number of piperazine rings is 1. The molecule has 2 saturated heterocycles. The fourth-order valence-electron chi connectivity index (χ4n) is 3.80. The molecule has 2 N–H and O–H groups in total. The highest BCUT2D eigenvalue weighted by molar-refractivity contribution is 14.0. The van der Waals surface area contributed by atoms with E-state index in [1.165, 1.54) is 12.1 Å². The Morgan fingerprint density at radius 1 is 1.16 bits per heavy atom. The molecule has 0 aliphatic carbocycles. The van der Waals surface area contributed by atoms with Gasteiger partial charge in [-0.05, 0) is 42.8 Å². The number of nitrogens with zero attached hydrogens (tertiary/aromatic N) is 3. The van der Waals surface area contributed by atoms with Crippen LogP contribution in [0, 0.1) is 12.7 Å². The fraction of sp³-hybridized carbons (Fsp3) is 0.435. The number of halogens is 2. The van der Waals surface area contributed by atoms with Gasteiger partial charge in [-0.1, -0.05) is 12.1 Å². The van der Waals surface area contributed by atoms with Crippen molar-refractivity contribution in [2.24, 2.45) is 10.7 Å². The van der Waals surface area contributed by atoms with Gasteiger partial charge in [-0.25, -0.2) is 9.38 Å². The van der Waals surface area contributed by atoms with Gasteiger partial charge in [0, 0.05) is 43.9 Å². The second-order valence-electron chi connectivity index (χ2n) is 7.84. The molecule has 2 aromatic carbocycles. The summed E-state index contributed by atoms with van der Waals surface area (Å²) in [5, 5.41) is 0. The first-order valence-corrected chi connectivity index (χ1v) is 10.5. The van der Waals surface area contributed by atoms with Crippen LogP contribution >= 0.6 is 24.0 Å². The van der Waals surface area contributed by atoms with Crippen LogP contribution in [0.2, 0.25) is 0 Å². The maximum Gasteiger partial charge on any atom is 0.191 e. The highest BCUT2D eigenvalue weighted by Crippen LogP contribution is 2.25. The third-order valence-corrected chi connectivity index (χ3v) is 5.61. The molecule has 2 aliphatic heterocycles. The van der Waals surface area contributed by atoms with Gasteiger partial charge in [-0.3, -0.25) is 0 Å². The summed E-state index contributed by atoms with van der Waals surface area (Å²) in [5.74, 6) is 1.20. The molecule has 2 aliphatic rings. The molecule has 0 amide bonds. The second-order valence-corrected chi connectivity index (χ2v) is 7.84. The summed E-state index contributed by atoms with van der Waals surface area (Å²) in [5.41, 5.74) is 9.50. The summed E-state index contributed by atoms with van der Waals surface area (Å²) in [6.45, 7) is 7.13. The highest BCUT2D eigenvalue weighted by Gasteiger charge is 2.20. The largest absolute Gasteiger partial charge is 0.488 e. The molecule has 31 heavy (non-hydrogen) atoms. The molecule has 0 aromatic heterocycles. The molecule has 0 radical (unpaired) electrons. The summed E-state index contributed by atoms with van der Waals surface area (Å²) in [6, 6.07) is 12.8. The number of ether oxygens (including phenoxy) is 2. The Morgan fingerprint density at radius 3 is 2.58 bits per heavy atom. The molecule has 8 heteroatoms. The van der Waals surface area contributed by atoms with Gasteiger partial charge < -0.3 is 25.0 Å². The molecule has 0 bridgehead atoms. The van der Waals surface area contributed by atoms with Crippen LogP contribution in [0.3, 0.4) is 0 Å². The quantitative estimate of drug-likeness (QED) is 0.357. The van der Waals surface area contributed by atoms with E-state index in [1.807, 2.05) is 12.1 Å². The van der Waals surface area contributed by atoms with E-state index in [4.69, 9.17) is 15.2 Å². The van der Waals surface area contributed by atoms with Gasteiger partial charge in [0.1, 0.15) is 17.7 Å². The van der Waals surface area contributed by atoms with E-state index in [0.29, 0.717) is 19.1 Å². The van der Waals surface area contributed by atoms with E-state index in [0.717, 1.165) is 61.8 Å². The molecule has 2 aromatic rings. The monoisotopic (exact) mass is 540 g/mol. The molecular formula is C23H30FIN4O2. The Balaban J connectivity index is 0.00000272. The van der Waals surface area contributed by atoms with E-state index in [1.54, 1.807) is 0 Å². The van der Waals surface area contributed by atoms with E-state index < -0.39 is 0 Å². The SMILES string of the molecule is Cc1ccc(CN=C(N)N2CCN(c3ccc(F)cc3)CC2)c(OC2CCOC2)c1.I. The van der Waals surface area contributed by atoms with E-state index in [9.17, 15) is 4.39 Å². The topological polar surface area (TPSA) is 63.3 Å². The summed E-state index contributed by atoms with van der Waals surface area (Å²) < 4.78 is 24.7. The van der Waals surface area contributed by atoms with Crippen molar-refractivity contribution < 1.29 is 13.9 Å². The van der Waals surface area contributed by atoms with Crippen LogP contribution in [0.25, 0.3) is 0 Å². The highest BCUT2D eigenvalue weighted by atomic mass is 127. The summed E-state index contributed by atoms with van der Waals surface area (Å²) in [7, 11) is 0. The van der Waals surface area contributed by atoms with Crippen molar-refractivity contribution in [2.45, 2.75) is 26.0 Å². The first-order valence-electron chi connectivity index (χ1n) is 10.5. The van der Waals surface area contributed by atoms with Gasteiger partial charge in [-0.15, -0.1) is 24.0 Å². The molecule has 168 valence electrons. The number of hydrogen-bond acceptors (Lipinski definition) is 4. The van der Waals surface area contributed by atoms with Gasteiger partial charge >= 0.3 is 0 Å². The van der Waals surface area contributed by atoms with Crippen molar-refractivity contribution in [3.05, 3.63) is 59.4 Å². The Hall–Kier alpha value is -2.07. The van der Waals surface area contributed by atoms with Crippen molar-refractivity contribution in [1.82, 2.24) is 4.90 Å². The minimum Gasteiger partial charge on any atom is -0.488 e. The molecule has 0 saturated carbocycles. The van der Waals surface area contributed by atoms with E-state index in [2.05, 4.69) is 39.9 Å². The van der Waals surface area contributed by atoms with Crippen molar-refractivity contribution in [3.8, 4) is 5.75 Å². The Bertz CT molecular complexity index is 880. The third-order valence-electron chi connectivity index (χ3n) is 5.61. The van der Waals surface area contributed by atoms with Crippen molar-refractivity contribution >= 4 is 35.6 Å². The number of guanidine groups is 1. The van der Waals surface area contributed by atoms with Crippen LogP contribution in [0.5, 0.6) is 5.75 Å². The van der Waals surface area contributed by atoms with Gasteiger partial charge in [0.05, 0.1) is 19.8 Å². The lowest BCUT2D eigenvalue weighted by Crippen LogP contribution is -2.51. The number of aryl methyl sites for hydroxylation is 1. The predicted octanol–water partition coefficient (Wildman–Crippen LogP) is 3.56. The zero-order valence-corrected chi connectivity index (χ0v) is 20.1. The van der Waals surface area contributed by atoms with Crippen LogP contribution in [0.4, 0.5) is 10.1 Å². The van der Waals surface area contributed by atoms with Gasteiger partial charge in [0.15, 0.2) is 5.96 Å². The molecular weight excluding hydrogens is 510 g/mol. The molecule has 4 rings (SSSR count). The number of rotatable bonds is 5. The lowest BCUT2D eigenvalue weighted by Gasteiger charge is -2.36. The van der Waals surface area contributed by atoms with Crippen molar-refractivity contribution in [1.29, 1.82) is 0 Å². The minimum atomic E-state index is -0.214. The number of aliphatic imine (C=N–C) groups is 1. The average Bonchev–Trinajstić information content (AvgIpc) is 3.27. The number of hydrogen-bond donors (Lipinski definition) is 1. The summed E-state index contributed by atoms with van der Waals surface area (Å²) in [6.07, 6.45) is 1.02. The Morgan fingerprint density at radius 2 is 1.90 bits per heavy atom. The molecule has 2 fully saturated rings. The van der Waals surface area contributed by atoms with Crippen LogP contribution in [0.1, 0.15) is 17.5 Å². The van der Waals surface area contributed by atoms with Crippen molar-refractivity contribution in [3.63, 3.8) is 0 Å². The standard InChI is InChI=1S/C23H29FN4O2.HI/c1-17-2-3-18(22(14-17)30-21-8-13-29-16-21)15-26-23(25)28-11-9-27(10-12-28)20-6-4-19(24)5-7-20;/h2-7,14,21H,8-13,15-16H2,1H3,(H2,25,26);1H. The van der Waals surface area contributed by atoms with E-state index >= 15 is 0 Å². The first kappa shape index (κ1) is 23.6.